The predicted molar refractivity (Wildman–Crippen MR) is 120 cm³/mol. The second-order valence-corrected chi connectivity index (χ2v) is 9.34. The van der Waals surface area contributed by atoms with Crippen LogP contribution in [-0.4, -0.2) is 21.4 Å². The fourth-order valence-electron chi connectivity index (χ4n) is 2.97. The number of nitrogens with one attached hydrogen (secondary N) is 2. The number of methoxy groups -OCH3 is 1. The molecule has 0 radical (unpaired) electrons. The average Bonchev–Trinajstić information content (AvgIpc) is 3.18. The molecule has 158 valence electrons. The summed E-state index contributed by atoms with van der Waals surface area (Å²) >= 11 is 1.37. The number of sulfonamides is 1. The number of thiophene rings is 1. The van der Waals surface area contributed by atoms with Crippen molar-refractivity contribution in [3.8, 4) is 5.75 Å². The van der Waals surface area contributed by atoms with Gasteiger partial charge in [-0.2, -0.15) is 0 Å². The van der Waals surface area contributed by atoms with Gasteiger partial charge in [0, 0.05) is 10.4 Å². The van der Waals surface area contributed by atoms with E-state index in [0.29, 0.717) is 10.6 Å². The number of benzene rings is 3. The summed E-state index contributed by atoms with van der Waals surface area (Å²) < 4.78 is 47.1. The van der Waals surface area contributed by atoms with E-state index in [1.54, 1.807) is 18.2 Å². The highest BCUT2D eigenvalue weighted by Gasteiger charge is 2.18. The molecular formula is C22H17FN2O4S2. The van der Waals surface area contributed by atoms with E-state index in [-0.39, 0.29) is 22.2 Å². The van der Waals surface area contributed by atoms with E-state index >= 15 is 0 Å². The van der Waals surface area contributed by atoms with Crippen molar-refractivity contribution in [1.29, 1.82) is 0 Å². The van der Waals surface area contributed by atoms with Gasteiger partial charge in [-0.25, -0.2) is 12.8 Å². The first kappa shape index (κ1) is 20.8. The molecule has 4 rings (SSSR count). The Bertz CT molecular complexity index is 1330. The SMILES string of the molecule is COc1ccc(NC(=O)c2cc3ccccc3s2)cc1NS(=O)(=O)c1ccc(F)cc1. The van der Waals surface area contributed by atoms with Crippen molar-refractivity contribution in [2.45, 2.75) is 4.90 Å². The molecule has 0 bridgehead atoms. The fourth-order valence-corrected chi connectivity index (χ4v) is 4.99. The summed E-state index contributed by atoms with van der Waals surface area (Å²) in [4.78, 5) is 13.1. The number of fused-ring (bicyclic) bond motifs is 1. The molecule has 0 aliphatic carbocycles. The van der Waals surface area contributed by atoms with Crippen LogP contribution in [0, 0.1) is 5.82 Å². The lowest BCUT2D eigenvalue weighted by Crippen LogP contribution is -2.15. The summed E-state index contributed by atoms with van der Waals surface area (Å²) in [6.45, 7) is 0. The van der Waals surface area contributed by atoms with Gasteiger partial charge in [0.25, 0.3) is 15.9 Å². The Morgan fingerprint density at radius 3 is 2.45 bits per heavy atom. The topological polar surface area (TPSA) is 84.5 Å². The van der Waals surface area contributed by atoms with E-state index in [1.807, 2.05) is 24.3 Å². The Morgan fingerprint density at radius 1 is 1.00 bits per heavy atom. The van der Waals surface area contributed by atoms with Crippen molar-refractivity contribution in [3.63, 3.8) is 0 Å². The lowest BCUT2D eigenvalue weighted by molar-refractivity contribution is 0.103. The Labute approximate surface area is 182 Å². The number of amides is 1. The van der Waals surface area contributed by atoms with Crippen molar-refractivity contribution >= 4 is 48.7 Å². The van der Waals surface area contributed by atoms with E-state index in [9.17, 15) is 17.6 Å². The van der Waals surface area contributed by atoms with Gasteiger partial charge in [-0.3, -0.25) is 9.52 Å². The van der Waals surface area contributed by atoms with Crippen molar-refractivity contribution < 1.29 is 22.3 Å². The Hall–Kier alpha value is -3.43. The number of hydrogen-bond donors (Lipinski definition) is 2. The highest BCUT2D eigenvalue weighted by molar-refractivity contribution is 7.92. The highest BCUT2D eigenvalue weighted by Crippen LogP contribution is 2.31. The minimum absolute atomic E-state index is 0.101. The third-order valence-electron chi connectivity index (χ3n) is 4.47. The maximum atomic E-state index is 13.1. The molecule has 6 nitrogen and oxygen atoms in total. The minimum Gasteiger partial charge on any atom is -0.495 e. The van der Waals surface area contributed by atoms with Crippen LogP contribution >= 0.6 is 11.3 Å². The number of rotatable bonds is 6. The van der Waals surface area contributed by atoms with E-state index in [0.717, 1.165) is 34.4 Å². The van der Waals surface area contributed by atoms with Crippen LogP contribution < -0.4 is 14.8 Å². The zero-order valence-electron chi connectivity index (χ0n) is 16.3. The molecule has 0 saturated carbocycles. The Balaban J connectivity index is 1.59. The number of carbonyl (C=O) groups is 1. The maximum absolute atomic E-state index is 13.1. The van der Waals surface area contributed by atoms with Gasteiger partial charge in [-0.05, 0) is 60.0 Å². The lowest BCUT2D eigenvalue weighted by atomic mass is 10.2. The molecule has 1 aromatic heterocycles. The summed E-state index contributed by atoms with van der Waals surface area (Å²) in [6.07, 6.45) is 0. The highest BCUT2D eigenvalue weighted by atomic mass is 32.2. The van der Waals surface area contributed by atoms with Crippen LogP contribution in [0.2, 0.25) is 0 Å². The standard InChI is InChI=1S/C22H17FN2O4S2/c1-29-19-11-8-16(24-22(26)21-12-14-4-2-3-5-20(14)30-21)13-18(19)25-31(27,28)17-9-6-15(23)7-10-17/h2-13,25H,1H3,(H,24,26). The molecule has 0 saturated heterocycles. The second-order valence-electron chi connectivity index (χ2n) is 6.58. The molecule has 0 unspecified atom stereocenters. The average molecular weight is 457 g/mol. The van der Waals surface area contributed by atoms with Crippen LogP contribution in [0.4, 0.5) is 15.8 Å². The van der Waals surface area contributed by atoms with Crippen LogP contribution in [0.15, 0.2) is 77.7 Å². The van der Waals surface area contributed by atoms with E-state index in [2.05, 4.69) is 10.0 Å². The Morgan fingerprint density at radius 2 is 1.74 bits per heavy atom. The van der Waals surface area contributed by atoms with Crippen LogP contribution in [-0.2, 0) is 10.0 Å². The molecule has 4 aromatic rings. The largest absolute Gasteiger partial charge is 0.495 e. The molecule has 31 heavy (non-hydrogen) atoms. The molecule has 2 N–H and O–H groups in total. The van der Waals surface area contributed by atoms with Crippen LogP contribution in [0.5, 0.6) is 5.75 Å². The molecule has 1 amide bonds. The summed E-state index contributed by atoms with van der Waals surface area (Å²) in [5, 5.41) is 3.75. The van der Waals surface area contributed by atoms with Gasteiger partial charge in [-0.15, -0.1) is 11.3 Å². The molecule has 1 heterocycles. The van der Waals surface area contributed by atoms with Crippen molar-refractivity contribution in [2.24, 2.45) is 0 Å². The first-order valence-electron chi connectivity index (χ1n) is 9.12. The molecule has 0 aliphatic rings. The van der Waals surface area contributed by atoms with Crippen LogP contribution in [0.1, 0.15) is 9.67 Å². The third kappa shape index (κ3) is 4.52. The molecule has 0 spiro atoms. The maximum Gasteiger partial charge on any atom is 0.265 e. The summed E-state index contributed by atoms with van der Waals surface area (Å²) in [7, 11) is -2.58. The van der Waals surface area contributed by atoms with Gasteiger partial charge in [-0.1, -0.05) is 18.2 Å². The van der Waals surface area contributed by atoms with Crippen molar-refractivity contribution in [2.75, 3.05) is 17.1 Å². The minimum atomic E-state index is -3.98. The lowest BCUT2D eigenvalue weighted by Gasteiger charge is -2.14. The van der Waals surface area contributed by atoms with Gasteiger partial charge in [0.1, 0.15) is 11.6 Å². The molecule has 0 aliphatic heterocycles. The molecular weight excluding hydrogens is 439 g/mol. The first-order valence-corrected chi connectivity index (χ1v) is 11.4. The summed E-state index contributed by atoms with van der Waals surface area (Å²) in [5.74, 6) is -0.577. The molecule has 0 fully saturated rings. The van der Waals surface area contributed by atoms with Gasteiger partial charge < -0.3 is 10.1 Å². The number of hydrogen-bond acceptors (Lipinski definition) is 5. The fraction of sp³-hybridized carbons (Fsp3) is 0.0455. The van der Waals surface area contributed by atoms with Crippen LogP contribution in [0.25, 0.3) is 10.1 Å². The molecule has 0 atom stereocenters. The van der Waals surface area contributed by atoms with Gasteiger partial charge >= 0.3 is 0 Å². The first-order chi connectivity index (χ1) is 14.9. The smallest absolute Gasteiger partial charge is 0.265 e. The molecule has 9 heteroatoms. The second kappa shape index (κ2) is 8.37. The normalized spacial score (nSPS) is 11.3. The summed E-state index contributed by atoms with van der Waals surface area (Å²) in [6, 6.07) is 18.5. The Kier molecular flexibility index (Phi) is 5.62. The van der Waals surface area contributed by atoms with Gasteiger partial charge in [0.15, 0.2) is 0 Å². The van der Waals surface area contributed by atoms with E-state index in [1.165, 1.54) is 24.5 Å². The zero-order chi connectivity index (χ0) is 22.0. The van der Waals surface area contributed by atoms with Crippen molar-refractivity contribution in [1.82, 2.24) is 0 Å². The quantitative estimate of drug-likeness (QED) is 0.423. The third-order valence-corrected chi connectivity index (χ3v) is 6.97. The van der Waals surface area contributed by atoms with E-state index in [4.69, 9.17) is 4.74 Å². The van der Waals surface area contributed by atoms with Crippen molar-refractivity contribution in [3.05, 3.63) is 83.5 Å². The van der Waals surface area contributed by atoms with Gasteiger partial charge in [0.2, 0.25) is 0 Å². The number of ether oxygens (including phenoxy) is 1. The monoisotopic (exact) mass is 456 g/mol. The number of anilines is 2. The number of halogens is 1. The molecule has 3 aromatic carbocycles. The summed E-state index contributed by atoms with van der Waals surface area (Å²) in [5.41, 5.74) is 0.529. The number of carbonyl (C=O) groups excluding carboxylic acids is 1. The predicted octanol–water partition coefficient (Wildman–Crippen LogP) is 5.10. The zero-order valence-corrected chi connectivity index (χ0v) is 17.9. The van der Waals surface area contributed by atoms with Gasteiger partial charge in [0.05, 0.1) is 22.6 Å². The van der Waals surface area contributed by atoms with E-state index < -0.39 is 15.8 Å². The van der Waals surface area contributed by atoms with Crippen LogP contribution in [0.3, 0.4) is 0 Å².